The Kier molecular flexibility index (Phi) is 7.32. The van der Waals surface area contributed by atoms with E-state index in [9.17, 15) is 13.2 Å². The zero-order chi connectivity index (χ0) is 19.0. The highest BCUT2D eigenvalue weighted by Gasteiger charge is 2.22. The molecule has 3 N–H and O–H groups in total. The lowest BCUT2D eigenvalue weighted by molar-refractivity contribution is -0.129. The molecule has 0 heterocycles. The number of hydroxylamine groups is 1. The van der Waals surface area contributed by atoms with Gasteiger partial charge < -0.3 is 0 Å². The van der Waals surface area contributed by atoms with Crippen LogP contribution < -0.4 is 10.2 Å². The van der Waals surface area contributed by atoms with E-state index in [0.29, 0.717) is 6.42 Å². The number of unbranched alkanes of at least 4 members (excludes halogenated alkanes) is 1. The van der Waals surface area contributed by atoms with Gasteiger partial charge in [-0.3, -0.25) is 10.0 Å². The summed E-state index contributed by atoms with van der Waals surface area (Å²) < 4.78 is 27.8. The van der Waals surface area contributed by atoms with Crippen LogP contribution in [0, 0.1) is 0 Å². The Morgan fingerprint density at radius 3 is 2.23 bits per heavy atom. The Morgan fingerprint density at radius 1 is 1.04 bits per heavy atom. The minimum Gasteiger partial charge on any atom is -0.289 e. The van der Waals surface area contributed by atoms with Gasteiger partial charge in [0.1, 0.15) is 0 Å². The van der Waals surface area contributed by atoms with Crippen molar-refractivity contribution in [3.05, 3.63) is 54.6 Å². The molecule has 2 aromatic rings. The maximum absolute atomic E-state index is 12.6. The number of carbonyl (C=O) groups excluding carboxylic acids is 1. The predicted molar refractivity (Wildman–Crippen MR) is 100 cm³/mol. The van der Waals surface area contributed by atoms with Crippen LogP contribution in [-0.2, 0) is 14.8 Å². The number of benzene rings is 2. The first-order chi connectivity index (χ1) is 12.5. The van der Waals surface area contributed by atoms with Gasteiger partial charge in [-0.25, -0.2) is 18.6 Å². The molecule has 1 atom stereocenters. The van der Waals surface area contributed by atoms with Crippen molar-refractivity contribution in [2.45, 2.75) is 43.5 Å². The molecule has 0 unspecified atom stereocenters. The van der Waals surface area contributed by atoms with E-state index in [1.165, 1.54) is 0 Å². The van der Waals surface area contributed by atoms with Crippen LogP contribution in [-0.4, -0.2) is 25.6 Å². The van der Waals surface area contributed by atoms with Crippen LogP contribution in [0.25, 0.3) is 11.1 Å². The average molecular weight is 376 g/mol. The molecule has 2 rings (SSSR count). The molecule has 0 aromatic heterocycles. The largest absolute Gasteiger partial charge is 0.289 e. The molecule has 2 aromatic carbocycles. The summed E-state index contributed by atoms with van der Waals surface area (Å²) in [6.45, 7) is 1.99. The van der Waals surface area contributed by atoms with Gasteiger partial charge in [0.15, 0.2) is 0 Å². The summed E-state index contributed by atoms with van der Waals surface area (Å²) in [6, 6.07) is 15.7. The Labute approximate surface area is 154 Å². The lowest BCUT2D eigenvalue weighted by Gasteiger charge is -2.18. The molecule has 0 saturated carbocycles. The second-order valence-electron chi connectivity index (χ2n) is 6.09. The number of carbonyl (C=O) groups is 1. The summed E-state index contributed by atoms with van der Waals surface area (Å²) in [6.07, 6.45) is 2.06. The van der Waals surface area contributed by atoms with Crippen molar-refractivity contribution in [3.63, 3.8) is 0 Å². The third kappa shape index (κ3) is 5.66. The van der Waals surface area contributed by atoms with Crippen LogP contribution in [0.4, 0.5) is 0 Å². The third-order valence-electron chi connectivity index (χ3n) is 4.06. The smallest absolute Gasteiger partial charge is 0.244 e. The van der Waals surface area contributed by atoms with Gasteiger partial charge in [-0.2, -0.15) is 0 Å². The van der Waals surface area contributed by atoms with Gasteiger partial charge in [0, 0.05) is 12.5 Å². The first kappa shape index (κ1) is 20.1. The van der Waals surface area contributed by atoms with Crippen LogP contribution in [0.15, 0.2) is 59.5 Å². The first-order valence-electron chi connectivity index (χ1n) is 8.57. The zero-order valence-corrected chi connectivity index (χ0v) is 15.5. The van der Waals surface area contributed by atoms with Gasteiger partial charge >= 0.3 is 0 Å². The van der Waals surface area contributed by atoms with Gasteiger partial charge in [0.05, 0.1) is 4.90 Å². The quantitative estimate of drug-likeness (QED) is 0.463. The van der Waals surface area contributed by atoms with E-state index in [4.69, 9.17) is 5.21 Å². The average Bonchev–Trinajstić information content (AvgIpc) is 2.66. The number of sulfonamides is 1. The second-order valence-corrected chi connectivity index (χ2v) is 7.80. The molecule has 140 valence electrons. The number of amides is 1. The lowest BCUT2D eigenvalue weighted by atomic mass is 10.1. The predicted octanol–water partition coefficient (Wildman–Crippen LogP) is 3.09. The van der Waals surface area contributed by atoms with Gasteiger partial charge in [-0.05, 0) is 29.7 Å². The summed E-state index contributed by atoms with van der Waals surface area (Å²) in [5.41, 5.74) is 3.48. The van der Waals surface area contributed by atoms with Crippen molar-refractivity contribution in [1.29, 1.82) is 0 Å². The minimum absolute atomic E-state index is 0.113. The number of rotatable bonds is 9. The van der Waals surface area contributed by atoms with Crippen LogP contribution in [0.2, 0.25) is 0 Å². The number of nitrogens with one attached hydrogen (secondary N) is 2. The summed E-state index contributed by atoms with van der Waals surface area (Å²) in [5.74, 6) is -0.617. The van der Waals surface area contributed by atoms with Crippen molar-refractivity contribution in [1.82, 2.24) is 10.2 Å². The highest BCUT2D eigenvalue weighted by molar-refractivity contribution is 7.89. The molecule has 0 aliphatic carbocycles. The van der Waals surface area contributed by atoms with E-state index in [1.807, 2.05) is 37.3 Å². The molecule has 0 radical (unpaired) electrons. The topological polar surface area (TPSA) is 95.5 Å². The van der Waals surface area contributed by atoms with Gasteiger partial charge in [-0.15, -0.1) is 0 Å². The van der Waals surface area contributed by atoms with Crippen molar-refractivity contribution < 1.29 is 18.4 Å². The highest BCUT2D eigenvalue weighted by Crippen LogP contribution is 2.21. The molecule has 0 aliphatic rings. The van der Waals surface area contributed by atoms with Crippen molar-refractivity contribution in [2.75, 3.05) is 0 Å². The molecule has 0 fully saturated rings. The summed E-state index contributed by atoms with van der Waals surface area (Å²) in [4.78, 5) is 11.6. The minimum atomic E-state index is -3.75. The van der Waals surface area contributed by atoms with Crippen molar-refractivity contribution >= 4 is 15.9 Å². The Hall–Kier alpha value is -2.22. The van der Waals surface area contributed by atoms with Gasteiger partial charge in [0.25, 0.3) is 0 Å². The molecule has 0 spiro atoms. The van der Waals surface area contributed by atoms with E-state index in [1.54, 1.807) is 29.7 Å². The fourth-order valence-electron chi connectivity index (χ4n) is 2.67. The maximum Gasteiger partial charge on any atom is 0.244 e. The van der Waals surface area contributed by atoms with Gasteiger partial charge in [-0.1, -0.05) is 62.2 Å². The van der Waals surface area contributed by atoms with E-state index in [0.717, 1.165) is 24.0 Å². The highest BCUT2D eigenvalue weighted by atomic mass is 32.2. The van der Waals surface area contributed by atoms with Crippen LogP contribution in [0.1, 0.15) is 32.6 Å². The summed E-state index contributed by atoms with van der Waals surface area (Å²) in [5, 5.41) is 8.69. The normalized spacial score (nSPS) is 12.5. The van der Waals surface area contributed by atoms with Crippen LogP contribution in [0.3, 0.4) is 0 Å². The lowest BCUT2D eigenvalue weighted by Crippen LogP contribution is -2.38. The molecule has 1 amide bonds. The van der Waals surface area contributed by atoms with Crippen LogP contribution in [0.5, 0.6) is 0 Å². The van der Waals surface area contributed by atoms with Gasteiger partial charge in [0.2, 0.25) is 15.9 Å². The summed E-state index contributed by atoms with van der Waals surface area (Å²) >= 11 is 0. The first-order valence-corrected chi connectivity index (χ1v) is 10.1. The van der Waals surface area contributed by atoms with Crippen molar-refractivity contribution in [3.8, 4) is 11.1 Å². The number of hydrogen-bond acceptors (Lipinski definition) is 4. The molecule has 7 heteroatoms. The zero-order valence-electron chi connectivity index (χ0n) is 14.7. The molecular weight excluding hydrogens is 352 g/mol. The fraction of sp³-hybridized carbons (Fsp3) is 0.316. The molecular formula is C19H24N2O4S. The van der Waals surface area contributed by atoms with E-state index >= 15 is 0 Å². The van der Waals surface area contributed by atoms with E-state index < -0.39 is 22.0 Å². The Bertz CT molecular complexity index is 805. The molecule has 6 nitrogen and oxygen atoms in total. The van der Waals surface area contributed by atoms with Crippen LogP contribution >= 0.6 is 0 Å². The molecule has 0 saturated heterocycles. The Balaban J connectivity index is 2.15. The number of hydrogen-bond donors (Lipinski definition) is 3. The van der Waals surface area contributed by atoms with E-state index in [-0.39, 0.29) is 11.3 Å². The monoisotopic (exact) mass is 376 g/mol. The fourth-order valence-corrected chi connectivity index (χ4v) is 3.94. The SMILES string of the molecule is CCCC[C@@H](CC(=O)NO)NS(=O)(=O)c1ccc(-c2ccccc2)cc1. The van der Waals surface area contributed by atoms with Crippen molar-refractivity contribution in [2.24, 2.45) is 0 Å². The Morgan fingerprint density at radius 2 is 1.65 bits per heavy atom. The maximum atomic E-state index is 12.6. The molecule has 0 bridgehead atoms. The molecule has 0 aliphatic heterocycles. The standard InChI is InChI=1S/C19H24N2O4S/c1-2-3-9-17(14-19(22)20-23)21-26(24,25)18-12-10-16(11-13-18)15-7-5-4-6-8-15/h4-8,10-13,17,21,23H,2-3,9,14H2,1H3,(H,20,22)/t17-/m0/s1. The second kappa shape index (κ2) is 9.47. The van der Waals surface area contributed by atoms with E-state index in [2.05, 4.69) is 4.72 Å². The summed E-state index contributed by atoms with van der Waals surface area (Å²) in [7, 11) is -3.75. The molecule has 26 heavy (non-hydrogen) atoms. The third-order valence-corrected chi connectivity index (χ3v) is 5.59.